The molecule has 1 fully saturated rings. The monoisotopic (exact) mass is 253 g/mol. The van der Waals surface area contributed by atoms with Crippen LogP contribution in [0.5, 0.6) is 0 Å². The van der Waals surface area contributed by atoms with E-state index in [9.17, 15) is 4.39 Å². The third-order valence-electron chi connectivity index (χ3n) is 4.85. The van der Waals surface area contributed by atoms with E-state index in [2.05, 4.69) is 24.3 Å². The summed E-state index contributed by atoms with van der Waals surface area (Å²) in [5.41, 5.74) is 9.86. The Morgan fingerprint density at radius 1 is 1.11 bits per heavy atom. The fourth-order valence-corrected chi connectivity index (χ4v) is 3.83. The summed E-state index contributed by atoms with van der Waals surface area (Å²) in [6, 6.07) is 15.5. The van der Waals surface area contributed by atoms with Crippen molar-refractivity contribution in [2.24, 2.45) is 11.7 Å². The number of hydrogen-bond acceptors (Lipinski definition) is 1. The molecule has 0 radical (unpaired) electrons. The predicted octanol–water partition coefficient (Wildman–Crippen LogP) is 3.04. The maximum absolute atomic E-state index is 13.8. The summed E-state index contributed by atoms with van der Waals surface area (Å²) in [7, 11) is 0. The molecule has 4 rings (SSSR count). The van der Waals surface area contributed by atoms with Crippen LogP contribution in [0.15, 0.2) is 48.5 Å². The van der Waals surface area contributed by atoms with E-state index in [1.165, 1.54) is 17.2 Å². The molecule has 0 spiro atoms. The Bertz CT molecular complexity index is 651. The third-order valence-corrected chi connectivity index (χ3v) is 4.85. The molecule has 2 aromatic carbocycles. The highest BCUT2D eigenvalue weighted by Gasteiger charge is 2.65. The van der Waals surface area contributed by atoms with Crippen molar-refractivity contribution in [1.29, 1.82) is 0 Å². The van der Waals surface area contributed by atoms with Crippen molar-refractivity contribution in [1.82, 2.24) is 0 Å². The molecule has 0 bridgehead atoms. The van der Waals surface area contributed by atoms with E-state index in [0.717, 1.165) is 12.0 Å². The molecule has 2 aliphatic carbocycles. The average molecular weight is 253 g/mol. The van der Waals surface area contributed by atoms with Crippen molar-refractivity contribution in [2.75, 3.05) is 0 Å². The fourth-order valence-electron chi connectivity index (χ4n) is 3.83. The van der Waals surface area contributed by atoms with Crippen LogP contribution >= 0.6 is 0 Å². The molecule has 0 saturated heterocycles. The second kappa shape index (κ2) is 3.67. The maximum Gasteiger partial charge on any atom is 0.126 e. The van der Waals surface area contributed by atoms with Gasteiger partial charge < -0.3 is 5.73 Å². The first-order valence-corrected chi connectivity index (χ1v) is 6.80. The van der Waals surface area contributed by atoms with Gasteiger partial charge in [0, 0.05) is 11.5 Å². The highest BCUT2D eigenvalue weighted by atomic mass is 19.1. The van der Waals surface area contributed by atoms with Gasteiger partial charge in [0.15, 0.2) is 0 Å². The van der Waals surface area contributed by atoms with Crippen molar-refractivity contribution < 1.29 is 4.39 Å². The van der Waals surface area contributed by atoms with Crippen LogP contribution in [0.3, 0.4) is 0 Å². The minimum atomic E-state index is -0.240. The summed E-state index contributed by atoms with van der Waals surface area (Å²) in [5, 5.41) is 0. The van der Waals surface area contributed by atoms with Gasteiger partial charge in [-0.05, 0) is 41.5 Å². The lowest BCUT2D eigenvalue weighted by Gasteiger charge is -2.17. The number of nitrogens with two attached hydrogens (primary N) is 1. The Morgan fingerprint density at radius 2 is 1.84 bits per heavy atom. The average Bonchev–Trinajstić information content (AvgIpc) is 2.82. The first kappa shape index (κ1) is 11.2. The van der Waals surface area contributed by atoms with Gasteiger partial charge in [-0.15, -0.1) is 0 Å². The van der Waals surface area contributed by atoms with Gasteiger partial charge in [-0.1, -0.05) is 42.5 Å². The van der Waals surface area contributed by atoms with Crippen LogP contribution in [0, 0.1) is 11.7 Å². The summed E-state index contributed by atoms with van der Waals surface area (Å²) in [4.78, 5) is 0. The second-order valence-corrected chi connectivity index (χ2v) is 5.87. The van der Waals surface area contributed by atoms with Gasteiger partial charge in [0.25, 0.3) is 0 Å². The third kappa shape index (κ3) is 1.50. The van der Waals surface area contributed by atoms with E-state index in [-0.39, 0.29) is 11.4 Å². The minimum Gasteiger partial charge on any atom is -0.324 e. The molecule has 19 heavy (non-hydrogen) atoms. The van der Waals surface area contributed by atoms with Crippen LogP contribution in [0.4, 0.5) is 4.39 Å². The van der Waals surface area contributed by atoms with Gasteiger partial charge in [-0.2, -0.15) is 0 Å². The molecule has 0 heterocycles. The van der Waals surface area contributed by atoms with E-state index < -0.39 is 0 Å². The highest BCUT2D eigenvalue weighted by Crippen LogP contribution is 2.63. The molecule has 96 valence electrons. The van der Waals surface area contributed by atoms with Crippen molar-refractivity contribution >= 4 is 0 Å². The number of rotatable bonds is 2. The maximum atomic E-state index is 13.8. The zero-order valence-electron chi connectivity index (χ0n) is 10.6. The number of halogens is 1. The van der Waals surface area contributed by atoms with Crippen molar-refractivity contribution in [3.05, 3.63) is 71.0 Å². The SMILES string of the molecule is NC1(Cc2ccccc2F)C2Cc3ccccc3C21. The van der Waals surface area contributed by atoms with Gasteiger partial charge in [0.1, 0.15) is 5.82 Å². The lowest BCUT2D eigenvalue weighted by molar-refractivity contribution is 0.542. The number of fused-ring (bicyclic) bond motifs is 3. The molecule has 3 atom stereocenters. The van der Waals surface area contributed by atoms with Crippen LogP contribution < -0.4 is 5.73 Å². The van der Waals surface area contributed by atoms with E-state index in [4.69, 9.17) is 5.73 Å². The molecule has 3 unspecified atom stereocenters. The Morgan fingerprint density at radius 3 is 2.68 bits per heavy atom. The Balaban J connectivity index is 1.64. The molecule has 0 amide bonds. The summed E-state index contributed by atoms with van der Waals surface area (Å²) in [6.07, 6.45) is 1.69. The van der Waals surface area contributed by atoms with Gasteiger partial charge >= 0.3 is 0 Å². The van der Waals surface area contributed by atoms with Gasteiger partial charge in [0.2, 0.25) is 0 Å². The zero-order valence-corrected chi connectivity index (χ0v) is 10.6. The van der Waals surface area contributed by atoms with Crippen molar-refractivity contribution in [3.63, 3.8) is 0 Å². The van der Waals surface area contributed by atoms with E-state index in [1.54, 1.807) is 6.07 Å². The highest BCUT2D eigenvalue weighted by molar-refractivity contribution is 5.50. The lowest BCUT2D eigenvalue weighted by Crippen LogP contribution is -2.32. The quantitative estimate of drug-likeness (QED) is 0.874. The smallest absolute Gasteiger partial charge is 0.126 e. The van der Waals surface area contributed by atoms with Gasteiger partial charge in [0.05, 0.1) is 0 Å². The Labute approximate surface area is 112 Å². The number of benzene rings is 2. The summed E-state index contributed by atoms with van der Waals surface area (Å²) in [5.74, 6) is 0.776. The van der Waals surface area contributed by atoms with Crippen LogP contribution in [0.2, 0.25) is 0 Å². The van der Waals surface area contributed by atoms with Crippen LogP contribution in [-0.4, -0.2) is 5.54 Å². The lowest BCUT2D eigenvalue weighted by atomic mass is 9.93. The standard InChI is InChI=1S/C17H16FN/c18-15-8-4-2-6-12(15)10-17(19)14-9-11-5-1-3-7-13(11)16(14)17/h1-8,14,16H,9-10,19H2. The minimum absolute atomic E-state index is 0.134. The molecular formula is C17H16FN. The number of hydrogen-bond donors (Lipinski definition) is 1. The van der Waals surface area contributed by atoms with Crippen LogP contribution in [0.1, 0.15) is 22.6 Å². The van der Waals surface area contributed by atoms with Crippen LogP contribution in [0.25, 0.3) is 0 Å². The summed E-state index contributed by atoms with van der Waals surface area (Å²) < 4.78 is 13.8. The molecule has 2 heteroatoms. The Kier molecular flexibility index (Phi) is 2.16. The normalized spacial score (nSPS) is 30.8. The predicted molar refractivity (Wildman–Crippen MR) is 73.4 cm³/mol. The van der Waals surface area contributed by atoms with E-state index in [0.29, 0.717) is 18.3 Å². The van der Waals surface area contributed by atoms with E-state index >= 15 is 0 Å². The fraction of sp³-hybridized carbons (Fsp3) is 0.294. The summed E-state index contributed by atoms with van der Waals surface area (Å²) >= 11 is 0. The van der Waals surface area contributed by atoms with Crippen LogP contribution in [-0.2, 0) is 12.8 Å². The molecular weight excluding hydrogens is 237 g/mol. The summed E-state index contributed by atoms with van der Waals surface area (Å²) in [6.45, 7) is 0. The Hall–Kier alpha value is -1.67. The second-order valence-electron chi connectivity index (χ2n) is 5.87. The topological polar surface area (TPSA) is 26.0 Å². The first-order valence-electron chi connectivity index (χ1n) is 6.80. The van der Waals surface area contributed by atoms with E-state index in [1.807, 2.05) is 12.1 Å². The zero-order chi connectivity index (χ0) is 13.0. The van der Waals surface area contributed by atoms with Crippen molar-refractivity contribution in [3.8, 4) is 0 Å². The molecule has 1 saturated carbocycles. The van der Waals surface area contributed by atoms with Gasteiger partial charge in [-0.3, -0.25) is 0 Å². The van der Waals surface area contributed by atoms with Gasteiger partial charge in [-0.25, -0.2) is 4.39 Å². The molecule has 2 aromatic rings. The molecule has 2 aliphatic rings. The molecule has 1 nitrogen and oxygen atoms in total. The molecule has 0 aromatic heterocycles. The first-order chi connectivity index (χ1) is 9.20. The largest absolute Gasteiger partial charge is 0.324 e. The van der Waals surface area contributed by atoms with Crippen molar-refractivity contribution in [2.45, 2.75) is 24.3 Å². The molecule has 0 aliphatic heterocycles. The molecule has 2 N–H and O–H groups in total.